The Kier molecular flexibility index (Phi) is 6.08. The normalized spacial score (nSPS) is 15.2. The Balaban J connectivity index is 1.62. The van der Waals surface area contributed by atoms with E-state index in [1.807, 2.05) is 18.5 Å². The zero-order chi connectivity index (χ0) is 21.1. The number of hydrogen-bond donors (Lipinski definition) is 1. The molecule has 5 nitrogen and oxygen atoms in total. The van der Waals surface area contributed by atoms with Gasteiger partial charge in [0.2, 0.25) is 0 Å². The van der Waals surface area contributed by atoms with Crippen molar-refractivity contribution in [3.8, 4) is 5.69 Å². The van der Waals surface area contributed by atoms with Gasteiger partial charge in [-0.1, -0.05) is 19.9 Å². The highest BCUT2D eigenvalue weighted by atomic mass is 19.1. The third-order valence-corrected chi connectivity index (χ3v) is 5.48. The number of aromatic nitrogens is 3. The molecule has 1 N–H and O–H groups in total. The van der Waals surface area contributed by atoms with E-state index < -0.39 is 11.6 Å². The Labute approximate surface area is 175 Å². The summed E-state index contributed by atoms with van der Waals surface area (Å²) < 4.78 is 29.6. The summed E-state index contributed by atoms with van der Waals surface area (Å²) in [7, 11) is 0. The number of anilines is 1. The molecule has 1 aromatic carbocycles. The maximum Gasteiger partial charge on any atom is 0.130 e. The molecule has 0 bridgehead atoms. The maximum absolute atomic E-state index is 14.2. The molecular weight excluding hydrogens is 384 g/mol. The smallest absolute Gasteiger partial charge is 0.130 e. The lowest BCUT2D eigenvalue weighted by atomic mass is 10.1. The second kappa shape index (κ2) is 8.92. The van der Waals surface area contributed by atoms with Crippen LogP contribution in [0, 0.1) is 11.6 Å². The maximum atomic E-state index is 14.2. The molecule has 7 heteroatoms. The van der Waals surface area contributed by atoms with E-state index in [1.54, 1.807) is 6.20 Å². The van der Waals surface area contributed by atoms with Crippen LogP contribution >= 0.6 is 0 Å². The molecular formula is C23H27F2N5. The average Bonchev–Trinajstić information content (AvgIpc) is 3.13. The van der Waals surface area contributed by atoms with E-state index in [9.17, 15) is 8.78 Å². The van der Waals surface area contributed by atoms with E-state index in [1.165, 1.54) is 12.1 Å². The largest absolute Gasteiger partial charge is 0.382 e. The molecule has 0 spiro atoms. The Hall–Kier alpha value is -2.80. The third kappa shape index (κ3) is 4.36. The molecule has 0 fully saturated rings. The van der Waals surface area contributed by atoms with E-state index in [4.69, 9.17) is 0 Å². The fraction of sp³-hybridized carbons (Fsp3) is 0.391. The number of aryl methyl sites for hydroxylation is 1. The number of fused-ring (bicyclic) bond motifs is 3. The average molecular weight is 412 g/mol. The first-order chi connectivity index (χ1) is 14.5. The Morgan fingerprint density at radius 3 is 2.80 bits per heavy atom. The van der Waals surface area contributed by atoms with E-state index in [-0.39, 0.29) is 5.92 Å². The summed E-state index contributed by atoms with van der Waals surface area (Å²) in [6, 6.07) is 5.78. The van der Waals surface area contributed by atoms with Crippen LogP contribution in [-0.4, -0.2) is 39.1 Å². The molecule has 1 aliphatic rings. The molecule has 2 aromatic heterocycles. The lowest BCUT2D eigenvalue weighted by Gasteiger charge is -2.23. The molecule has 4 rings (SSSR count). The predicted octanol–water partition coefficient (Wildman–Crippen LogP) is 4.53. The minimum atomic E-state index is -0.546. The highest BCUT2D eigenvalue weighted by Gasteiger charge is 2.19. The van der Waals surface area contributed by atoms with Gasteiger partial charge < -0.3 is 5.32 Å². The Morgan fingerprint density at radius 1 is 1.13 bits per heavy atom. The van der Waals surface area contributed by atoms with Crippen LogP contribution in [0.5, 0.6) is 0 Å². The van der Waals surface area contributed by atoms with Gasteiger partial charge in [-0.15, -0.1) is 0 Å². The van der Waals surface area contributed by atoms with Gasteiger partial charge in [-0.05, 0) is 31.5 Å². The predicted molar refractivity (Wildman–Crippen MR) is 114 cm³/mol. The summed E-state index contributed by atoms with van der Waals surface area (Å²) in [6.07, 6.45) is 7.39. The first kappa shape index (κ1) is 20.5. The topological polar surface area (TPSA) is 46.0 Å². The van der Waals surface area contributed by atoms with Gasteiger partial charge >= 0.3 is 0 Å². The van der Waals surface area contributed by atoms with Crippen molar-refractivity contribution in [1.82, 2.24) is 19.4 Å². The number of pyridine rings is 1. The SMILES string of the molecule is CC(C)c1ncc2n1-c1cnccc1NCCN(Cc1ccc(F)cc1F)CCC2. The molecule has 0 amide bonds. The van der Waals surface area contributed by atoms with Gasteiger partial charge in [0.1, 0.15) is 17.5 Å². The highest BCUT2D eigenvalue weighted by molar-refractivity contribution is 5.60. The summed E-state index contributed by atoms with van der Waals surface area (Å²) in [5.74, 6) is 0.267. The summed E-state index contributed by atoms with van der Waals surface area (Å²) in [6.45, 7) is 7.01. The van der Waals surface area contributed by atoms with Crippen molar-refractivity contribution in [1.29, 1.82) is 0 Å². The third-order valence-electron chi connectivity index (χ3n) is 5.48. The summed E-state index contributed by atoms with van der Waals surface area (Å²) in [5.41, 5.74) is 3.67. The lowest BCUT2D eigenvalue weighted by molar-refractivity contribution is 0.268. The molecule has 0 saturated carbocycles. The fourth-order valence-corrected chi connectivity index (χ4v) is 3.97. The fourth-order valence-electron chi connectivity index (χ4n) is 3.97. The van der Waals surface area contributed by atoms with Crippen LogP contribution in [-0.2, 0) is 13.0 Å². The zero-order valence-corrected chi connectivity index (χ0v) is 17.4. The van der Waals surface area contributed by atoms with Crippen LogP contribution in [0.1, 0.15) is 43.3 Å². The number of rotatable bonds is 3. The van der Waals surface area contributed by atoms with E-state index in [0.717, 1.165) is 54.9 Å². The van der Waals surface area contributed by atoms with Crippen LogP contribution in [0.15, 0.2) is 42.9 Å². The molecule has 0 atom stereocenters. The lowest BCUT2D eigenvalue weighted by Crippen LogP contribution is -2.30. The first-order valence-corrected chi connectivity index (χ1v) is 10.4. The first-order valence-electron chi connectivity index (χ1n) is 10.4. The van der Waals surface area contributed by atoms with Crippen LogP contribution in [0.3, 0.4) is 0 Å². The monoisotopic (exact) mass is 411 g/mol. The minimum Gasteiger partial charge on any atom is -0.382 e. The van der Waals surface area contributed by atoms with Crippen molar-refractivity contribution in [2.75, 3.05) is 25.0 Å². The molecule has 3 heterocycles. The number of imidazole rings is 1. The molecule has 0 aliphatic carbocycles. The van der Waals surface area contributed by atoms with Crippen LogP contribution in [0.25, 0.3) is 5.69 Å². The number of benzene rings is 1. The highest BCUT2D eigenvalue weighted by Crippen LogP contribution is 2.27. The van der Waals surface area contributed by atoms with Crippen molar-refractivity contribution < 1.29 is 8.78 Å². The van der Waals surface area contributed by atoms with Gasteiger partial charge in [0.15, 0.2) is 0 Å². The summed E-state index contributed by atoms with van der Waals surface area (Å²) in [4.78, 5) is 11.2. The van der Waals surface area contributed by atoms with E-state index in [2.05, 4.69) is 38.6 Å². The number of nitrogens with one attached hydrogen (secondary N) is 1. The van der Waals surface area contributed by atoms with Crippen molar-refractivity contribution in [2.45, 2.75) is 39.2 Å². The molecule has 0 radical (unpaired) electrons. The molecule has 158 valence electrons. The molecule has 1 aliphatic heterocycles. The van der Waals surface area contributed by atoms with Crippen molar-refractivity contribution in [2.24, 2.45) is 0 Å². The molecule has 0 unspecified atom stereocenters. The second-order valence-electron chi connectivity index (χ2n) is 8.03. The van der Waals surface area contributed by atoms with Gasteiger partial charge in [0, 0.05) is 55.3 Å². The molecule has 30 heavy (non-hydrogen) atoms. The van der Waals surface area contributed by atoms with E-state index in [0.29, 0.717) is 18.7 Å². The van der Waals surface area contributed by atoms with Gasteiger partial charge in [0.05, 0.1) is 17.6 Å². The van der Waals surface area contributed by atoms with Crippen LogP contribution in [0.4, 0.5) is 14.5 Å². The van der Waals surface area contributed by atoms with Crippen molar-refractivity contribution >= 4 is 5.69 Å². The standard InChI is InChI=1S/C23H27F2N5/c1-16(2)23-28-13-19-4-3-10-29(15-17-5-6-18(24)12-20(17)25)11-9-27-21-7-8-26-14-22(21)30(19)23/h5-8,12-14,16,27H,3-4,9-11,15H2,1-2H3. The Morgan fingerprint density at radius 2 is 2.00 bits per heavy atom. The number of hydrogen-bond acceptors (Lipinski definition) is 4. The quantitative estimate of drug-likeness (QED) is 0.688. The van der Waals surface area contributed by atoms with E-state index >= 15 is 0 Å². The summed E-state index contributed by atoms with van der Waals surface area (Å²) in [5, 5.41) is 3.51. The molecule has 3 aromatic rings. The van der Waals surface area contributed by atoms with Crippen LogP contribution < -0.4 is 5.32 Å². The van der Waals surface area contributed by atoms with Crippen LogP contribution in [0.2, 0.25) is 0 Å². The van der Waals surface area contributed by atoms with Gasteiger partial charge in [-0.25, -0.2) is 13.8 Å². The molecule has 0 saturated heterocycles. The van der Waals surface area contributed by atoms with Gasteiger partial charge in [0.25, 0.3) is 0 Å². The number of nitrogens with zero attached hydrogens (tertiary/aromatic N) is 4. The summed E-state index contributed by atoms with van der Waals surface area (Å²) >= 11 is 0. The van der Waals surface area contributed by atoms with Gasteiger partial charge in [-0.2, -0.15) is 0 Å². The zero-order valence-electron chi connectivity index (χ0n) is 17.4. The van der Waals surface area contributed by atoms with Crippen molar-refractivity contribution in [3.63, 3.8) is 0 Å². The van der Waals surface area contributed by atoms with Crippen molar-refractivity contribution in [3.05, 3.63) is 71.6 Å². The minimum absolute atomic E-state index is 0.287. The van der Waals surface area contributed by atoms with Gasteiger partial charge in [-0.3, -0.25) is 14.5 Å². The number of halogens is 2. The second-order valence-corrected chi connectivity index (χ2v) is 8.03. The Bertz CT molecular complexity index is 1010.